The minimum absolute atomic E-state index is 0.0701. The number of hydrogen-bond acceptors (Lipinski definition) is 4. The van der Waals surface area contributed by atoms with Gasteiger partial charge >= 0.3 is 5.97 Å². The topological polar surface area (TPSA) is 43.4 Å². The molecule has 0 bridgehead atoms. The fraction of sp³-hybridized carbons (Fsp3) is 0.333. The zero-order valence-corrected chi connectivity index (χ0v) is 10.2. The van der Waals surface area contributed by atoms with Crippen molar-refractivity contribution in [2.45, 2.75) is 13.8 Å². The average molecular weight is 238 g/mol. The summed E-state index contributed by atoms with van der Waals surface area (Å²) in [6.07, 6.45) is 0. The Bertz CT molecular complexity index is 388. The maximum absolute atomic E-state index is 11.7. The molecule has 0 saturated carbocycles. The second-order valence-electron chi connectivity index (χ2n) is 3.25. The molecule has 0 aliphatic rings. The van der Waals surface area contributed by atoms with Crippen molar-refractivity contribution in [2.24, 2.45) is 0 Å². The molecule has 0 fully saturated rings. The van der Waals surface area contributed by atoms with E-state index in [1.54, 1.807) is 19.1 Å². The maximum atomic E-state index is 11.7. The summed E-state index contributed by atoms with van der Waals surface area (Å²) < 4.78 is 4.74. The van der Waals surface area contributed by atoms with E-state index >= 15 is 0 Å². The van der Waals surface area contributed by atoms with Crippen LogP contribution in [0.15, 0.2) is 24.3 Å². The van der Waals surface area contributed by atoms with Gasteiger partial charge in [0.15, 0.2) is 0 Å². The Hall–Kier alpha value is -1.29. The number of ether oxygens (including phenoxy) is 1. The van der Waals surface area contributed by atoms with E-state index in [1.807, 2.05) is 19.1 Å². The van der Waals surface area contributed by atoms with E-state index in [4.69, 9.17) is 4.74 Å². The minimum Gasteiger partial charge on any atom is -0.465 e. The van der Waals surface area contributed by atoms with Crippen LogP contribution in [0, 0.1) is 6.92 Å². The highest BCUT2D eigenvalue weighted by Crippen LogP contribution is 2.13. The number of benzene rings is 1. The van der Waals surface area contributed by atoms with Crippen molar-refractivity contribution in [3.05, 3.63) is 35.4 Å². The number of aryl methyl sites for hydroxylation is 1. The van der Waals surface area contributed by atoms with Crippen LogP contribution < -0.4 is 0 Å². The molecule has 86 valence electrons. The van der Waals surface area contributed by atoms with E-state index < -0.39 is 0 Å². The van der Waals surface area contributed by atoms with Gasteiger partial charge in [0.2, 0.25) is 5.12 Å². The summed E-state index contributed by atoms with van der Waals surface area (Å²) in [5.41, 5.74) is 1.65. The van der Waals surface area contributed by atoms with Crippen molar-refractivity contribution >= 4 is 22.8 Å². The van der Waals surface area contributed by atoms with Gasteiger partial charge in [0.1, 0.15) is 0 Å². The van der Waals surface area contributed by atoms with E-state index in [1.165, 1.54) is 0 Å². The van der Waals surface area contributed by atoms with Gasteiger partial charge in [-0.15, -0.1) is 0 Å². The Morgan fingerprint density at radius 2 is 2.12 bits per heavy atom. The second kappa shape index (κ2) is 6.33. The smallest absolute Gasteiger partial charge is 0.316 e. The number of rotatable bonds is 4. The summed E-state index contributed by atoms with van der Waals surface area (Å²) in [7, 11) is 0. The van der Waals surface area contributed by atoms with Gasteiger partial charge in [-0.05, 0) is 19.9 Å². The Morgan fingerprint density at radius 1 is 1.38 bits per heavy atom. The molecule has 1 rings (SSSR count). The predicted molar refractivity (Wildman–Crippen MR) is 64.6 cm³/mol. The molecule has 1 aromatic rings. The fourth-order valence-corrected chi connectivity index (χ4v) is 1.81. The summed E-state index contributed by atoms with van der Waals surface area (Å²) in [6.45, 7) is 4.01. The van der Waals surface area contributed by atoms with Crippen molar-refractivity contribution in [2.75, 3.05) is 12.4 Å². The Kier molecular flexibility index (Phi) is 5.05. The molecular weight excluding hydrogens is 224 g/mol. The second-order valence-corrected chi connectivity index (χ2v) is 4.20. The summed E-state index contributed by atoms with van der Waals surface area (Å²) in [6, 6.07) is 7.30. The van der Waals surface area contributed by atoms with Crippen molar-refractivity contribution < 1.29 is 14.3 Å². The summed E-state index contributed by atoms with van der Waals surface area (Å²) >= 11 is 0.973. The minimum atomic E-state index is -0.353. The largest absolute Gasteiger partial charge is 0.465 e. The van der Waals surface area contributed by atoms with Crippen molar-refractivity contribution in [1.82, 2.24) is 0 Å². The molecular formula is C12H14O3S. The van der Waals surface area contributed by atoms with Gasteiger partial charge in [-0.1, -0.05) is 35.5 Å². The third-order valence-electron chi connectivity index (χ3n) is 1.88. The first kappa shape index (κ1) is 12.8. The monoisotopic (exact) mass is 238 g/mol. The molecule has 0 unspecified atom stereocenters. The lowest BCUT2D eigenvalue weighted by molar-refractivity contribution is -0.139. The molecule has 1 aromatic carbocycles. The highest BCUT2D eigenvalue weighted by atomic mass is 32.2. The third-order valence-corrected chi connectivity index (χ3v) is 2.76. The van der Waals surface area contributed by atoms with E-state index in [-0.39, 0.29) is 16.8 Å². The standard InChI is InChI=1S/C12H14O3S/c1-3-15-11(13)8-16-12(14)10-6-4-5-9(2)7-10/h4-7H,3,8H2,1-2H3. The SMILES string of the molecule is CCOC(=O)CSC(=O)c1cccc(C)c1. The number of thioether (sulfide) groups is 1. The van der Waals surface area contributed by atoms with Crippen LogP contribution in [0.5, 0.6) is 0 Å². The van der Waals surface area contributed by atoms with Crippen molar-refractivity contribution in [3.63, 3.8) is 0 Å². The predicted octanol–water partition coefficient (Wildman–Crippen LogP) is 2.43. The number of hydrogen-bond donors (Lipinski definition) is 0. The van der Waals surface area contributed by atoms with Crippen LogP contribution in [0.2, 0.25) is 0 Å². The summed E-state index contributed by atoms with van der Waals surface area (Å²) in [5, 5.41) is -0.100. The van der Waals surface area contributed by atoms with Gasteiger partial charge in [-0.2, -0.15) is 0 Å². The molecule has 0 aliphatic heterocycles. The molecule has 0 N–H and O–H groups in total. The zero-order chi connectivity index (χ0) is 12.0. The van der Waals surface area contributed by atoms with Crippen LogP contribution in [-0.2, 0) is 9.53 Å². The average Bonchev–Trinajstić information content (AvgIpc) is 2.26. The van der Waals surface area contributed by atoms with Gasteiger partial charge in [-0.3, -0.25) is 9.59 Å². The van der Waals surface area contributed by atoms with Gasteiger partial charge in [-0.25, -0.2) is 0 Å². The molecule has 0 atom stereocenters. The molecule has 16 heavy (non-hydrogen) atoms. The lowest BCUT2D eigenvalue weighted by Gasteiger charge is -2.02. The van der Waals surface area contributed by atoms with Crippen LogP contribution in [0.25, 0.3) is 0 Å². The van der Waals surface area contributed by atoms with E-state index in [0.717, 1.165) is 17.3 Å². The van der Waals surface area contributed by atoms with E-state index in [2.05, 4.69) is 0 Å². The highest BCUT2D eigenvalue weighted by Gasteiger charge is 2.10. The Labute approximate surface area is 99.2 Å². The number of carbonyl (C=O) groups is 2. The van der Waals surface area contributed by atoms with Crippen LogP contribution in [0.3, 0.4) is 0 Å². The maximum Gasteiger partial charge on any atom is 0.316 e. The first-order valence-electron chi connectivity index (χ1n) is 5.03. The summed E-state index contributed by atoms with van der Waals surface area (Å²) in [4.78, 5) is 22.7. The van der Waals surface area contributed by atoms with Crippen LogP contribution in [-0.4, -0.2) is 23.4 Å². The third kappa shape index (κ3) is 4.06. The first-order chi connectivity index (χ1) is 7.63. The molecule has 3 nitrogen and oxygen atoms in total. The van der Waals surface area contributed by atoms with Gasteiger partial charge < -0.3 is 4.74 Å². The molecule has 4 heteroatoms. The zero-order valence-electron chi connectivity index (χ0n) is 9.36. The lowest BCUT2D eigenvalue weighted by atomic mass is 10.2. The molecule has 0 saturated heterocycles. The molecule has 0 aliphatic carbocycles. The Morgan fingerprint density at radius 3 is 2.75 bits per heavy atom. The number of esters is 1. The number of carbonyl (C=O) groups excluding carboxylic acids is 2. The van der Waals surface area contributed by atoms with Gasteiger partial charge in [0, 0.05) is 5.56 Å². The van der Waals surface area contributed by atoms with Gasteiger partial charge in [0.25, 0.3) is 0 Å². The summed E-state index contributed by atoms with van der Waals surface area (Å²) in [5.74, 6) is -0.283. The van der Waals surface area contributed by atoms with Crippen molar-refractivity contribution in [1.29, 1.82) is 0 Å². The Balaban J connectivity index is 2.50. The van der Waals surface area contributed by atoms with Crippen LogP contribution in [0.1, 0.15) is 22.8 Å². The van der Waals surface area contributed by atoms with Gasteiger partial charge in [0.05, 0.1) is 12.4 Å². The van der Waals surface area contributed by atoms with Crippen LogP contribution in [0.4, 0.5) is 0 Å². The van der Waals surface area contributed by atoms with Crippen LogP contribution >= 0.6 is 11.8 Å². The fourth-order valence-electron chi connectivity index (χ4n) is 1.18. The van der Waals surface area contributed by atoms with Crippen molar-refractivity contribution in [3.8, 4) is 0 Å². The molecule has 0 spiro atoms. The first-order valence-corrected chi connectivity index (χ1v) is 6.01. The van der Waals surface area contributed by atoms with E-state index in [0.29, 0.717) is 12.2 Å². The molecule has 0 amide bonds. The molecule has 0 radical (unpaired) electrons. The molecule has 0 heterocycles. The lowest BCUT2D eigenvalue weighted by Crippen LogP contribution is -2.08. The molecule has 0 aromatic heterocycles. The normalized spacial score (nSPS) is 9.88. The van der Waals surface area contributed by atoms with E-state index in [9.17, 15) is 9.59 Å². The highest BCUT2D eigenvalue weighted by molar-refractivity contribution is 8.14. The quantitative estimate of drug-likeness (QED) is 0.756.